The first kappa shape index (κ1) is 18.7. The Morgan fingerprint density at radius 2 is 1.17 bits per heavy atom. The molecule has 0 spiro atoms. The lowest BCUT2D eigenvalue weighted by Gasteiger charge is -2.10. The third kappa shape index (κ3) is 5.76. The van der Waals surface area contributed by atoms with Crippen molar-refractivity contribution in [2.24, 2.45) is 0 Å². The van der Waals surface area contributed by atoms with Crippen molar-refractivity contribution in [2.75, 3.05) is 24.7 Å². The fourth-order valence-corrected chi connectivity index (χ4v) is 4.68. The van der Waals surface area contributed by atoms with Crippen molar-refractivity contribution in [1.29, 1.82) is 0 Å². The molecule has 0 radical (unpaired) electrons. The summed E-state index contributed by atoms with van der Waals surface area (Å²) in [6, 6.07) is 13.0. The summed E-state index contributed by atoms with van der Waals surface area (Å²) >= 11 is 5.15. The van der Waals surface area contributed by atoms with Gasteiger partial charge in [0.1, 0.15) is 0 Å². The monoisotopic (exact) mass is 366 g/mol. The highest BCUT2D eigenvalue weighted by Gasteiger charge is 2.05. The van der Waals surface area contributed by atoms with E-state index in [9.17, 15) is 0 Å². The summed E-state index contributed by atoms with van der Waals surface area (Å²) in [7, 11) is 0. The van der Waals surface area contributed by atoms with Gasteiger partial charge in [-0.25, -0.2) is 0 Å². The van der Waals surface area contributed by atoms with Gasteiger partial charge in [-0.2, -0.15) is 0 Å². The normalized spacial score (nSPS) is 11.0. The van der Waals surface area contributed by atoms with E-state index >= 15 is 0 Å². The molecule has 5 heteroatoms. The molecule has 2 aromatic carbocycles. The summed E-state index contributed by atoms with van der Waals surface area (Å²) < 4.78 is 0. The summed E-state index contributed by atoms with van der Waals surface area (Å²) in [6.07, 6.45) is 0. The van der Waals surface area contributed by atoms with Crippen LogP contribution in [-0.4, -0.2) is 34.9 Å². The maximum Gasteiger partial charge on any atom is 0.0525 e. The molecule has 0 amide bonds. The minimum atomic E-state index is 0.209. The first-order chi connectivity index (χ1) is 11.1. The van der Waals surface area contributed by atoms with E-state index in [2.05, 4.69) is 50.2 Å². The van der Waals surface area contributed by atoms with Crippen molar-refractivity contribution in [3.8, 4) is 0 Å². The van der Waals surface area contributed by atoms with Crippen LogP contribution in [0.2, 0.25) is 0 Å². The maximum absolute atomic E-state index is 8.93. The van der Waals surface area contributed by atoms with E-state index in [0.29, 0.717) is 0 Å². The van der Waals surface area contributed by atoms with E-state index in [1.54, 1.807) is 35.3 Å². The number of hydrogen-bond acceptors (Lipinski definition) is 5. The Hall–Kier alpha value is -0.590. The number of aliphatic hydroxyl groups is 2. The van der Waals surface area contributed by atoms with Crippen molar-refractivity contribution in [3.05, 3.63) is 47.5 Å². The molecule has 0 unspecified atom stereocenters. The summed E-state index contributed by atoms with van der Waals surface area (Å²) in [5, 5.41) is 17.9. The SMILES string of the molecule is Cc1cc(Sc2ccc(SCCO)c(C)c2)ccc1SCCO. The molecule has 0 saturated heterocycles. The number of benzene rings is 2. The van der Waals surface area contributed by atoms with Crippen LogP contribution in [0.5, 0.6) is 0 Å². The van der Waals surface area contributed by atoms with Gasteiger partial charge in [-0.05, 0) is 61.4 Å². The minimum Gasteiger partial charge on any atom is -0.396 e. The van der Waals surface area contributed by atoms with Crippen molar-refractivity contribution >= 4 is 35.3 Å². The molecule has 0 aliphatic carbocycles. The van der Waals surface area contributed by atoms with Gasteiger partial charge in [0, 0.05) is 31.1 Å². The molecule has 0 aliphatic heterocycles. The van der Waals surface area contributed by atoms with E-state index in [0.717, 1.165) is 11.5 Å². The quantitative estimate of drug-likeness (QED) is 0.667. The number of rotatable bonds is 8. The van der Waals surface area contributed by atoms with Crippen molar-refractivity contribution < 1.29 is 10.2 Å². The second-order valence-electron chi connectivity index (χ2n) is 5.10. The lowest BCUT2D eigenvalue weighted by atomic mass is 10.2. The van der Waals surface area contributed by atoms with Crippen molar-refractivity contribution in [1.82, 2.24) is 0 Å². The summed E-state index contributed by atoms with van der Waals surface area (Å²) in [5.41, 5.74) is 2.50. The third-order valence-corrected chi connectivity index (χ3v) is 6.52. The molecule has 0 fully saturated rings. The highest BCUT2D eigenvalue weighted by atomic mass is 32.2. The molecule has 0 atom stereocenters. The Morgan fingerprint density at radius 1 is 0.739 bits per heavy atom. The molecule has 0 aromatic heterocycles. The standard InChI is InChI=1S/C18H22O2S3/c1-13-11-15(3-5-17(13)21-9-7-19)23-16-4-6-18(14(2)12-16)22-10-8-20/h3-6,11-12,19-20H,7-10H2,1-2H3. The zero-order valence-electron chi connectivity index (χ0n) is 13.4. The van der Waals surface area contributed by atoms with Gasteiger partial charge in [-0.1, -0.05) is 11.8 Å². The average molecular weight is 367 g/mol. The topological polar surface area (TPSA) is 40.5 Å². The Labute approximate surface area is 151 Å². The summed E-state index contributed by atoms with van der Waals surface area (Å²) in [4.78, 5) is 4.92. The van der Waals surface area contributed by atoms with Crippen LogP contribution in [0.15, 0.2) is 56.0 Å². The first-order valence-corrected chi connectivity index (χ1v) is 10.3. The Kier molecular flexibility index (Phi) is 7.86. The Bertz CT molecular complexity index is 589. The number of aliphatic hydroxyl groups excluding tert-OH is 2. The van der Waals surface area contributed by atoms with E-state index in [1.165, 1.54) is 30.7 Å². The molecule has 0 heterocycles. The molecule has 2 rings (SSSR count). The Balaban J connectivity index is 2.07. The number of aryl methyl sites for hydroxylation is 2. The molecular weight excluding hydrogens is 344 g/mol. The number of thioether (sulfide) groups is 2. The van der Waals surface area contributed by atoms with Crippen LogP contribution in [0, 0.1) is 13.8 Å². The second kappa shape index (κ2) is 9.64. The van der Waals surface area contributed by atoms with Crippen LogP contribution >= 0.6 is 35.3 Å². The smallest absolute Gasteiger partial charge is 0.0525 e. The largest absolute Gasteiger partial charge is 0.396 e. The van der Waals surface area contributed by atoms with Crippen LogP contribution in [0.4, 0.5) is 0 Å². The zero-order chi connectivity index (χ0) is 16.7. The molecular formula is C18H22O2S3. The average Bonchev–Trinajstić information content (AvgIpc) is 2.53. The summed E-state index contributed by atoms with van der Waals surface area (Å²) in [5.74, 6) is 1.47. The predicted octanol–water partition coefficient (Wildman–Crippen LogP) is 4.62. The van der Waals surface area contributed by atoms with Crippen LogP contribution in [0.25, 0.3) is 0 Å². The fraction of sp³-hybridized carbons (Fsp3) is 0.333. The van der Waals surface area contributed by atoms with Gasteiger partial charge in [0.25, 0.3) is 0 Å². The van der Waals surface area contributed by atoms with Gasteiger partial charge in [0.15, 0.2) is 0 Å². The zero-order valence-corrected chi connectivity index (χ0v) is 15.9. The maximum atomic E-state index is 8.93. The molecule has 2 N–H and O–H groups in total. The third-order valence-electron chi connectivity index (χ3n) is 3.23. The van der Waals surface area contributed by atoms with Crippen LogP contribution in [-0.2, 0) is 0 Å². The molecule has 0 aliphatic rings. The van der Waals surface area contributed by atoms with Crippen LogP contribution in [0.3, 0.4) is 0 Å². The minimum absolute atomic E-state index is 0.209. The van der Waals surface area contributed by atoms with E-state index in [-0.39, 0.29) is 13.2 Å². The lowest BCUT2D eigenvalue weighted by molar-refractivity contribution is 0.322. The molecule has 2 aromatic rings. The van der Waals surface area contributed by atoms with E-state index < -0.39 is 0 Å². The highest BCUT2D eigenvalue weighted by molar-refractivity contribution is 8.00. The van der Waals surface area contributed by atoms with E-state index in [1.807, 2.05) is 0 Å². The second-order valence-corrected chi connectivity index (χ2v) is 8.52. The van der Waals surface area contributed by atoms with Gasteiger partial charge >= 0.3 is 0 Å². The molecule has 0 saturated carbocycles. The molecule has 0 bridgehead atoms. The fourth-order valence-electron chi connectivity index (χ4n) is 2.14. The molecule has 2 nitrogen and oxygen atoms in total. The highest BCUT2D eigenvalue weighted by Crippen LogP contribution is 2.34. The van der Waals surface area contributed by atoms with Crippen molar-refractivity contribution in [2.45, 2.75) is 33.4 Å². The van der Waals surface area contributed by atoms with Crippen LogP contribution in [0.1, 0.15) is 11.1 Å². The van der Waals surface area contributed by atoms with Gasteiger partial charge in [0.05, 0.1) is 13.2 Å². The number of hydrogen-bond donors (Lipinski definition) is 2. The van der Waals surface area contributed by atoms with Gasteiger partial charge in [-0.15, -0.1) is 23.5 Å². The van der Waals surface area contributed by atoms with Gasteiger partial charge < -0.3 is 10.2 Å². The lowest BCUT2D eigenvalue weighted by Crippen LogP contribution is -1.89. The van der Waals surface area contributed by atoms with Crippen molar-refractivity contribution in [3.63, 3.8) is 0 Å². The molecule has 23 heavy (non-hydrogen) atoms. The Morgan fingerprint density at radius 3 is 1.52 bits per heavy atom. The van der Waals surface area contributed by atoms with Crippen LogP contribution < -0.4 is 0 Å². The molecule has 124 valence electrons. The van der Waals surface area contributed by atoms with Gasteiger partial charge in [0.2, 0.25) is 0 Å². The summed E-state index contributed by atoms with van der Waals surface area (Å²) in [6.45, 7) is 4.65. The van der Waals surface area contributed by atoms with E-state index in [4.69, 9.17) is 10.2 Å². The predicted molar refractivity (Wildman–Crippen MR) is 102 cm³/mol. The first-order valence-electron chi connectivity index (χ1n) is 7.50. The van der Waals surface area contributed by atoms with Gasteiger partial charge in [-0.3, -0.25) is 0 Å².